The number of carbonyl (C=O) groups is 2. The van der Waals surface area contributed by atoms with Gasteiger partial charge in [0.05, 0.1) is 0 Å². The average Bonchev–Trinajstić information content (AvgIpc) is 2.40. The third-order valence-corrected chi connectivity index (χ3v) is 2.94. The van der Waals surface area contributed by atoms with Gasteiger partial charge in [-0.25, -0.2) is 0 Å². The molecule has 0 N–H and O–H groups in total. The maximum Gasteiger partial charge on any atom is 0.298 e. The van der Waals surface area contributed by atoms with E-state index < -0.39 is 0 Å². The summed E-state index contributed by atoms with van der Waals surface area (Å²) in [5.41, 5.74) is 1.10. The maximum atomic E-state index is 11.7. The molecule has 1 aromatic carbocycles. The van der Waals surface area contributed by atoms with E-state index in [0.29, 0.717) is 32.4 Å². The molecule has 0 aromatic heterocycles. The number of piperidine rings is 1. The van der Waals surface area contributed by atoms with E-state index in [1.807, 2.05) is 30.3 Å². The number of nitrogens with zero attached hydrogens (tertiary/aromatic N) is 1. The summed E-state index contributed by atoms with van der Waals surface area (Å²) in [5.74, 6) is 5.59. The van der Waals surface area contributed by atoms with Crippen molar-refractivity contribution < 1.29 is 9.59 Å². The number of carbonyl (C=O) groups excluding carboxylic acids is 2. The molecule has 0 radical (unpaired) electrons. The van der Waals surface area contributed by atoms with E-state index in [2.05, 4.69) is 11.8 Å². The molecular weight excluding hydrogens is 226 g/mol. The lowest BCUT2D eigenvalue weighted by molar-refractivity contribution is -0.129. The number of hydrogen-bond acceptors (Lipinski definition) is 2. The fraction of sp³-hybridized carbons (Fsp3) is 0.333. The summed E-state index contributed by atoms with van der Waals surface area (Å²) in [5, 5.41) is 0. The zero-order chi connectivity index (χ0) is 12.8. The van der Waals surface area contributed by atoms with E-state index in [9.17, 15) is 9.59 Å². The Hall–Kier alpha value is -2.08. The fourth-order valence-electron chi connectivity index (χ4n) is 1.86. The molecule has 0 bridgehead atoms. The Morgan fingerprint density at radius 2 is 1.83 bits per heavy atom. The zero-order valence-corrected chi connectivity index (χ0v) is 10.2. The molecule has 1 saturated heterocycles. The van der Waals surface area contributed by atoms with Crippen molar-refractivity contribution in [2.45, 2.75) is 19.3 Å². The third-order valence-electron chi connectivity index (χ3n) is 2.94. The molecule has 1 aromatic rings. The molecule has 2 rings (SSSR count). The van der Waals surface area contributed by atoms with Gasteiger partial charge in [-0.15, -0.1) is 0 Å². The summed E-state index contributed by atoms with van der Waals surface area (Å²) >= 11 is 0. The lowest BCUT2D eigenvalue weighted by Gasteiger charge is -2.23. The second-order valence-electron chi connectivity index (χ2n) is 4.30. The minimum absolute atomic E-state index is 0.168. The topological polar surface area (TPSA) is 37.4 Å². The van der Waals surface area contributed by atoms with E-state index in [4.69, 9.17) is 0 Å². The summed E-state index contributed by atoms with van der Waals surface area (Å²) in [6.45, 7) is 1.02. The second-order valence-corrected chi connectivity index (χ2v) is 4.30. The van der Waals surface area contributed by atoms with Gasteiger partial charge in [-0.2, -0.15) is 0 Å². The van der Waals surface area contributed by atoms with Crippen LogP contribution in [0, 0.1) is 11.8 Å². The zero-order valence-electron chi connectivity index (χ0n) is 10.2. The van der Waals surface area contributed by atoms with E-state index in [1.54, 1.807) is 4.90 Å². The molecule has 1 aliphatic heterocycles. The van der Waals surface area contributed by atoms with Gasteiger partial charge >= 0.3 is 0 Å². The quantitative estimate of drug-likeness (QED) is 0.697. The van der Waals surface area contributed by atoms with Gasteiger partial charge in [-0.3, -0.25) is 9.59 Å². The Bertz CT molecular complexity index is 486. The summed E-state index contributed by atoms with van der Waals surface area (Å²) in [6.07, 6.45) is 1.51. The molecule has 1 fully saturated rings. The van der Waals surface area contributed by atoms with Crippen LogP contribution in [0.5, 0.6) is 0 Å². The lowest BCUT2D eigenvalue weighted by Crippen LogP contribution is -2.37. The van der Waals surface area contributed by atoms with Crippen LogP contribution in [0.4, 0.5) is 0 Å². The van der Waals surface area contributed by atoms with Crippen LogP contribution in [-0.2, 0) is 16.0 Å². The Balaban J connectivity index is 1.86. The first-order chi connectivity index (χ1) is 8.75. The molecule has 3 heteroatoms. The van der Waals surface area contributed by atoms with Crippen molar-refractivity contribution in [3.8, 4) is 11.8 Å². The predicted molar refractivity (Wildman–Crippen MR) is 68.7 cm³/mol. The predicted octanol–water partition coefficient (Wildman–Crippen LogP) is 1.42. The molecule has 0 aliphatic carbocycles. The van der Waals surface area contributed by atoms with Gasteiger partial charge in [0.25, 0.3) is 5.91 Å². The minimum Gasteiger partial charge on any atom is -0.331 e. The fourth-order valence-corrected chi connectivity index (χ4v) is 1.86. The van der Waals surface area contributed by atoms with Crippen molar-refractivity contribution >= 4 is 11.7 Å². The van der Waals surface area contributed by atoms with E-state index in [1.165, 1.54) is 0 Å². The third kappa shape index (κ3) is 3.46. The number of amides is 1. The Kier molecular flexibility index (Phi) is 4.14. The number of hydrogen-bond donors (Lipinski definition) is 0. The summed E-state index contributed by atoms with van der Waals surface area (Å²) < 4.78 is 0. The summed E-state index contributed by atoms with van der Waals surface area (Å²) in [7, 11) is 0. The minimum atomic E-state index is -0.168. The van der Waals surface area contributed by atoms with E-state index in [-0.39, 0.29) is 11.7 Å². The van der Waals surface area contributed by atoms with E-state index >= 15 is 0 Å². The lowest BCUT2D eigenvalue weighted by atomic mass is 10.1. The van der Waals surface area contributed by atoms with Crippen LogP contribution >= 0.6 is 0 Å². The Morgan fingerprint density at radius 1 is 1.17 bits per heavy atom. The van der Waals surface area contributed by atoms with Gasteiger partial charge in [0, 0.05) is 32.4 Å². The van der Waals surface area contributed by atoms with Gasteiger partial charge in [-0.05, 0) is 11.5 Å². The van der Waals surface area contributed by atoms with Gasteiger partial charge in [0.1, 0.15) is 5.78 Å². The van der Waals surface area contributed by atoms with Crippen LogP contribution in [-0.4, -0.2) is 29.7 Å². The monoisotopic (exact) mass is 241 g/mol. The Labute approximate surface area is 107 Å². The van der Waals surface area contributed by atoms with Crippen molar-refractivity contribution in [3.05, 3.63) is 35.9 Å². The number of benzene rings is 1. The highest BCUT2D eigenvalue weighted by Crippen LogP contribution is 2.05. The van der Waals surface area contributed by atoms with Crippen LogP contribution in [0.15, 0.2) is 30.3 Å². The molecule has 18 heavy (non-hydrogen) atoms. The second kappa shape index (κ2) is 6.02. The maximum absolute atomic E-state index is 11.7. The highest BCUT2D eigenvalue weighted by atomic mass is 16.2. The normalized spacial score (nSPS) is 14.9. The molecule has 1 aliphatic rings. The van der Waals surface area contributed by atoms with Crippen molar-refractivity contribution in [1.82, 2.24) is 4.90 Å². The Morgan fingerprint density at radius 3 is 2.50 bits per heavy atom. The SMILES string of the molecule is O=C1CCN(C(=O)C#CCc2ccccc2)CC1. The smallest absolute Gasteiger partial charge is 0.298 e. The molecule has 0 saturated carbocycles. The van der Waals surface area contributed by atoms with Crippen molar-refractivity contribution in [2.75, 3.05) is 13.1 Å². The number of rotatable bonds is 1. The van der Waals surface area contributed by atoms with Crippen molar-refractivity contribution in [2.24, 2.45) is 0 Å². The van der Waals surface area contributed by atoms with Crippen molar-refractivity contribution in [3.63, 3.8) is 0 Å². The molecule has 92 valence electrons. The van der Waals surface area contributed by atoms with Crippen LogP contribution in [0.2, 0.25) is 0 Å². The van der Waals surface area contributed by atoms with E-state index in [0.717, 1.165) is 5.56 Å². The average molecular weight is 241 g/mol. The van der Waals surface area contributed by atoms with Crippen LogP contribution < -0.4 is 0 Å². The number of likely N-dealkylation sites (tertiary alicyclic amines) is 1. The molecule has 0 unspecified atom stereocenters. The van der Waals surface area contributed by atoms with Gasteiger partial charge in [0.15, 0.2) is 0 Å². The molecule has 1 heterocycles. The first-order valence-electron chi connectivity index (χ1n) is 6.09. The highest BCUT2D eigenvalue weighted by molar-refractivity contribution is 5.94. The first-order valence-corrected chi connectivity index (χ1v) is 6.09. The number of ketones is 1. The van der Waals surface area contributed by atoms with Gasteiger partial charge in [-0.1, -0.05) is 36.3 Å². The van der Waals surface area contributed by atoms with Crippen LogP contribution in [0.3, 0.4) is 0 Å². The molecular formula is C15H15NO2. The van der Waals surface area contributed by atoms with Crippen molar-refractivity contribution in [1.29, 1.82) is 0 Å². The molecule has 1 amide bonds. The number of Topliss-reactive ketones (excluding diaryl/α,β-unsaturated/α-hetero) is 1. The standard InChI is InChI=1S/C15H15NO2/c17-14-9-11-16(12-10-14)15(18)8-4-7-13-5-2-1-3-6-13/h1-3,5-6H,7,9-12H2. The molecule has 3 nitrogen and oxygen atoms in total. The highest BCUT2D eigenvalue weighted by Gasteiger charge is 2.18. The largest absolute Gasteiger partial charge is 0.331 e. The summed E-state index contributed by atoms with van der Waals surface area (Å²) in [6, 6.07) is 9.83. The molecule has 0 atom stereocenters. The molecule has 0 spiro atoms. The first kappa shape index (κ1) is 12.4. The van der Waals surface area contributed by atoms with Gasteiger partial charge < -0.3 is 4.90 Å². The van der Waals surface area contributed by atoms with Gasteiger partial charge in [0.2, 0.25) is 0 Å². The van der Waals surface area contributed by atoms with Crippen LogP contribution in [0.25, 0.3) is 0 Å². The van der Waals surface area contributed by atoms with Crippen LogP contribution in [0.1, 0.15) is 18.4 Å². The summed E-state index contributed by atoms with van der Waals surface area (Å²) in [4.78, 5) is 24.4.